The van der Waals surface area contributed by atoms with Crippen molar-refractivity contribution >= 4 is 23.4 Å². The Morgan fingerprint density at radius 2 is 1.48 bits per heavy atom. The second-order valence-corrected chi connectivity index (χ2v) is 8.17. The van der Waals surface area contributed by atoms with Gasteiger partial charge in [-0.05, 0) is 19.1 Å². The lowest BCUT2D eigenvalue weighted by atomic mass is 10.1. The zero-order chi connectivity index (χ0) is 21.8. The van der Waals surface area contributed by atoms with Crippen molar-refractivity contribution in [3.05, 3.63) is 90.5 Å². The molecule has 0 radical (unpaired) electrons. The third-order valence-corrected chi connectivity index (χ3v) is 5.64. The van der Waals surface area contributed by atoms with Crippen LogP contribution in [0.1, 0.15) is 6.92 Å². The van der Waals surface area contributed by atoms with Gasteiger partial charge in [0.25, 0.3) is 0 Å². The molecule has 0 bridgehead atoms. The number of imidazole rings is 1. The van der Waals surface area contributed by atoms with Gasteiger partial charge < -0.3 is 10.3 Å². The summed E-state index contributed by atoms with van der Waals surface area (Å²) in [5.74, 6) is -2.16. The van der Waals surface area contributed by atoms with Crippen molar-refractivity contribution in [3.8, 4) is 22.5 Å². The zero-order valence-corrected chi connectivity index (χ0v) is 17.4. The minimum absolute atomic E-state index is 0.450. The van der Waals surface area contributed by atoms with E-state index >= 15 is 0 Å². The molecule has 4 nitrogen and oxygen atoms in total. The average Bonchev–Trinajstić information content (AvgIpc) is 3.21. The molecule has 0 saturated heterocycles. The molecule has 4 aromatic rings. The van der Waals surface area contributed by atoms with Gasteiger partial charge in [-0.25, -0.2) is 13.8 Å². The number of nitrogens with one attached hydrogen (secondary N) is 2. The van der Waals surface area contributed by atoms with Gasteiger partial charge in [-0.3, -0.25) is 4.79 Å². The van der Waals surface area contributed by atoms with Crippen LogP contribution in [0, 0.1) is 11.6 Å². The summed E-state index contributed by atoms with van der Waals surface area (Å²) in [5, 5.41) is 2.23. The summed E-state index contributed by atoms with van der Waals surface area (Å²) in [6, 6.07) is 23.0. The molecule has 0 aliphatic rings. The molecule has 0 unspecified atom stereocenters. The second kappa shape index (κ2) is 9.14. The van der Waals surface area contributed by atoms with Gasteiger partial charge >= 0.3 is 0 Å². The maximum absolute atomic E-state index is 13.9. The van der Waals surface area contributed by atoms with Gasteiger partial charge in [-0.2, -0.15) is 0 Å². The zero-order valence-electron chi connectivity index (χ0n) is 16.6. The standard InChI is InChI=1S/C24H19F2N3OS/c1-15(23(30)27-22-18(25)13-8-14-19(22)26)31-24-28-20(16-9-4-2-5-10-16)21(29-24)17-11-6-3-7-12-17/h2-15H,1H3,(H,27,30)(H,28,29)/t15-/m1/s1. The summed E-state index contributed by atoms with van der Waals surface area (Å²) in [4.78, 5) is 20.5. The summed E-state index contributed by atoms with van der Waals surface area (Å²) in [6.07, 6.45) is 0. The van der Waals surface area contributed by atoms with Crippen LogP contribution < -0.4 is 5.32 Å². The van der Waals surface area contributed by atoms with Crippen molar-refractivity contribution in [2.24, 2.45) is 0 Å². The molecule has 0 fully saturated rings. The number of hydrogen-bond acceptors (Lipinski definition) is 3. The molecule has 0 saturated carbocycles. The second-order valence-electron chi connectivity index (χ2n) is 6.84. The molecule has 1 aromatic heterocycles. The number of carbonyl (C=O) groups is 1. The molecule has 3 aromatic carbocycles. The van der Waals surface area contributed by atoms with E-state index in [1.54, 1.807) is 6.92 Å². The van der Waals surface area contributed by atoms with E-state index in [1.165, 1.54) is 17.8 Å². The molecule has 2 N–H and O–H groups in total. The third-order valence-electron chi connectivity index (χ3n) is 4.66. The van der Waals surface area contributed by atoms with Gasteiger partial charge in [0.1, 0.15) is 17.3 Å². The van der Waals surface area contributed by atoms with E-state index in [2.05, 4.69) is 10.3 Å². The largest absolute Gasteiger partial charge is 0.332 e. The monoisotopic (exact) mass is 435 g/mol. The Bertz CT molecular complexity index is 1120. The lowest BCUT2D eigenvalue weighted by Gasteiger charge is -2.11. The van der Waals surface area contributed by atoms with E-state index in [0.29, 0.717) is 5.16 Å². The topological polar surface area (TPSA) is 57.8 Å². The predicted octanol–water partition coefficient (Wildman–Crippen LogP) is 6.14. The molecular formula is C24H19F2N3OS. The van der Waals surface area contributed by atoms with Crippen LogP contribution in [-0.4, -0.2) is 21.1 Å². The third kappa shape index (κ3) is 4.67. The lowest BCUT2D eigenvalue weighted by Crippen LogP contribution is -2.23. The summed E-state index contributed by atoms with van der Waals surface area (Å²) < 4.78 is 27.7. The number of halogens is 2. The number of aromatic nitrogens is 2. The Labute approximate surface area is 182 Å². The number of para-hydroxylation sites is 1. The van der Waals surface area contributed by atoms with E-state index in [9.17, 15) is 13.6 Å². The van der Waals surface area contributed by atoms with Gasteiger partial charge in [0.2, 0.25) is 5.91 Å². The molecule has 31 heavy (non-hydrogen) atoms. The number of benzene rings is 3. The quantitative estimate of drug-likeness (QED) is 0.358. The van der Waals surface area contributed by atoms with E-state index in [4.69, 9.17) is 4.98 Å². The first-order chi connectivity index (χ1) is 15.0. The summed E-state index contributed by atoms with van der Waals surface area (Å²) in [6.45, 7) is 1.66. The Hall–Kier alpha value is -3.45. The number of aromatic amines is 1. The van der Waals surface area contributed by atoms with Gasteiger partial charge in [0, 0.05) is 11.1 Å². The fourth-order valence-corrected chi connectivity index (χ4v) is 3.89. The van der Waals surface area contributed by atoms with Crippen molar-refractivity contribution in [2.45, 2.75) is 17.3 Å². The molecule has 1 heterocycles. The van der Waals surface area contributed by atoms with Crippen molar-refractivity contribution in [3.63, 3.8) is 0 Å². The van der Waals surface area contributed by atoms with E-state index in [-0.39, 0.29) is 0 Å². The van der Waals surface area contributed by atoms with Crippen LogP contribution in [0.2, 0.25) is 0 Å². The molecular weight excluding hydrogens is 416 g/mol. The number of rotatable bonds is 6. The van der Waals surface area contributed by atoms with Crippen LogP contribution in [-0.2, 0) is 4.79 Å². The van der Waals surface area contributed by atoms with Gasteiger partial charge in [-0.15, -0.1) is 0 Å². The van der Waals surface area contributed by atoms with Crippen LogP contribution in [0.3, 0.4) is 0 Å². The molecule has 0 spiro atoms. The predicted molar refractivity (Wildman–Crippen MR) is 120 cm³/mol. The van der Waals surface area contributed by atoms with Crippen LogP contribution in [0.4, 0.5) is 14.5 Å². The maximum atomic E-state index is 13.9. The smallest absolute Gasteiger partial charge is 0.237 e. The Kier molecular flexibility index (Phi) is 6.13. The highest BCUT2D eigenvalue weighted by atomic mass is 32.2. The number of nitrogens with zero attached hydrogens (tertiary/aromatic N) is 1. The Morgan fingerprint density at radius 1 is 0.903 bits per heavy atom. The number of hydrogen-bond donors (Lipinski definition) is 2. The summed E-state index contributed by atoms with van der Waals surface area (Å²) in [5.41, 5.74) is 3.06. The molecule has 1 amide bonds. The molecule has 0 aliphatic heterocycles. The average molecular weight is 435 g/mol. The van der Waals surface area contributed by atoms with Crippen molar-refractivity contribution in [1.82, 2.24) is 9.97 Å². The number of amides is 1. The van der Waals surface area contributed by atoms with Crippen LogP contribution in [0.25, 0.3) is 22.5 Å². The molecule has 4 rings (SSSR count). The Morgan fingerprint density at radius 3 is 2.10 bits per heavy atom. The minimum Gasteiger partial charge on any atom is -0.332 e. The van der Waals surface area contributed by atoms with Crippen molar-refractivity contribution in [2.75, 3.05) is 5.32 Å². The van der Waals surface area contributed by atoms with Crippen molar-refractivity contribution < 1.29 is 13.6 Å². The lowest BCUT2D eigenvalue weighted by molar-refractivity contribution is -0.115. The van der Waals surface area contributed by atoms with Crippen LogP contribution >= 0.6 is 11.8 Å². The first-order valence-corrected chi connectivity index (χ1v) is 10.5. The fraction of sp³-hybridized carbons (Fsp3) is 0.0833. The normalized spacial score (nSPS) is 11.8. The first kappa shape index (κ1) is 20.8. The van der Waals surface area contributed by atoms with Crippen LogP contribution in [0.15, 0.2) is 84.0 Å². The van der Waals surface area contributed by atoms with Gasteiger partial charge in [-0.1, -0.05) is 78.5 Å². The summed E-state index contributed by atoms with van der Waals surface area (Å²) in [7, 11) is 0. The first-order valence-electron chi connectivity index (χ1n) is 9.65. The molecule has 7 heteroatoms. The number of anilines is 1. The molecule has 1 atom stereocenters. The maximum Gasteiger partial charge on any atom is 0.237 e. The van der Waals surface area contributed by atoms with Crippen LogP contribution in [0.5, 0.6) is 0 Å². The molecule has 156 valence electrons. The number of H-pyrrole nitrogens is 1. The Balaban J connectivity index is 1.60. The highest BCUT2D eigenvalue weighted by Crippen LogP contribution is 2.34. The SMILES string of the molecule is C[C@@H](Sc1nc(-c2ccccc2)c(-c2ccccc2)[nH]1)C(=O)Nc1c(F)cccc1F. The van der Waals surface area contributed by atoms with E-state index < -0.39 is 28.5 Å². The van der Waals surface area contributed by atoms with E-state index in [1.807, 2.05) is 60.7 Å². The highest BCUT2D eigenvalue weighted by molar-refractivity contribution is 8.00. The fourth-order valence-electron chi connectivity index (χ4n) is 3.09. The molecule has 0 aliphatic carbocycles. The number of thioether (sulfide) groups is 1. The minimum atomic E-state index is -0.818. The van der Waals surface area contributed by atoms with Crippen molar-refractivity contribution in [1.29, 1.82) is 0 Å². The highest BCUT2D eigenvalue weighted by Gasteiger charge is 2.21. The summed E-state index contributed by atoms with van der Waals surface area (Å²) >= 11 is 1.18. The van der Waals surface area contributed by atoms with Gasteiger partial charge in [0.05, 0.1) is 16.6 Å². The van der Waals surface area contributed by atoms with Gasteiger partial charge in [0.15, 0.2) is 5.16 Å². The number of carbonyl (C=O) groups excluding carboxylic acids is 1. The van der Waals surface area contributed by atoms with E-state index in [0.717, 1.165) is 34.6 Å².